The molecule has 0 atom stereocenters. The maximum absolute atomic E-state index is 11.2. The number of para-hydroxylation sites is 1. The number of amides is 1. The van der Waals surface area contributed by atoms with Gasteiger partial charge >= 0.3 is 0 Å². The van der Waals surface area contributed by atoms with Crippen LogP contribution in [0, 0.1) is 0 Å². The molecular weight excluding hydrogens is 238 g/mol. The molecule has 0 aromatic heterocycles. The second-order valence-corrected chi connectivity index (χ2v) is 4.23. The predicted molar refractivity (Wildman–Crippen MR) is 75.3 cm³/mol. The molecule has 19 heavy (non-hydrogen) atoms. The molecule has 0 aliphatic rings. The van der Waals surface area contributed by atoms with Gasteiger partial charge in [0, 0.05) is 13.5 Å². The van der Waals surface area contributed by atoms with Crippen molar-refractivity contribution in [2.75, 3.05) is 13.7 Å². The van der Waals surface area contributed by atoms with Crippen molar-refractivity contribution in [3.05, 3.63) is 65.7 Å². The lowest BCUT2D eigenvalue weighted by Gasteiger charge is -2.10. The van der Waals surface area contributed by atoms with E-state index in [1.165, 1.54) is 5.56 Å². The summed E-state index contributed by atoms with van der Waals surface area (Å²) in [5.74, 6) is 0.629. The van der Waals surface area contributed by atoms with Crippen LogP contribution in [-0.2, 0) is 11.2 Å². The van der Waals surface area contributed by atoms with Crippen molar-refractivity contribution in [1.29, 1.82) is 0 Å². The molecule has 0 saturated heterocycles. The van der Waals surface area contributed by atoms with E-state index in [0.29, 0.717) is 0 Å². The molecule has 0 spiro atoms. The first-order chi connectivity index (χ1) is 9.29. The zero-order chi connectivity index (χ0) is 13.5. The lowest BCUT2D eigenvalue weighted by Crippen LogP contribution is -2.25. The molecule has 0 aliphatic heterocycles. The van der Waals surface area contributed by atoms with Gasteiger partial charge in [-0.2, -0.15) is 0 Å². The Bertz CT molecular complexity index is 537. The largest absolute Gasteiger partial charge is 0.483 e. The SMILES string of the molecule is CNC(=O)COc1ccccc1Cc1ccccc1. The summed E-state index contributed by atoms with van der Waals surface area (Å²) in [6.07, 6.45) is 0.796. The Hall–Kier alpha value is -2.29. The molecule has 0 aliphatic carbocycles. The zero-order valence-electron chi connectivity index (χ0n) is 10.9. The fourth-order valence-corrected chi connectivity index (χ4v) is 1.82. The van der Waals surface area contributed by atoms with Gasteiger partial charge in [-0.25, -0.2) is 0 Å². The summed E-state index contributed by atoms with van der Waals surface area (Å²) in [5.41, 5.74) is 2.30. The quantitative estimate of drug-likeness (QED) is 0.891. The van der Waals surface area contributed by atoms with Crippen molar-refractivity contribution in [2.45, 2.75) is 6.42 Å². The van der Waals surface area contributed by atoms with E-state index in [1.54, 1.807) is 7.05 Å². The highest BCUT2D eigenvalue weighted by atomic mass is 16.5. The van der Waals surface area contributed by atoms with Crippen molar-refractivity contribution < 1.29 is 9.53 Å². The van der Waals surface area contributed by atoms with Crippen molar-refractivity contribution in [3.63, 3.8) is 0 Å². The van der Waals surface area contributed by atoms with Crippen molar-refractivity contribution in [1.82, 2.24) is 5.32 Å². The Morgan fingerprint density at radius 2 is 1.74 bits per heavy atom. The van der Waals surface area contributed by atoms with Gasteiger partial charge in [0.05, 0.1) is 0 Å². The molecule has 3 heteroatoms. The van der Waals surface area contributed by atoms with E-state index in [2.05, 4.69) is 17.4 Å². The third-order valence-electron chi connectivity index (χ3n) is 2.85. The molecule has 2 rings (SSSR count). The van der Waals surface area contributed by atoms with E-state index in [4.69, 9.17) is 4.74 Å². The fourth-order valence-electron chi connectivity index (χ4n) is 1.82. The van der Waals surface area contributed by atoms with E-state index in [-0.39, 0.29) is 12.5 Å². The van der Waals surface area contributed by atoms with Crippen LogP contribution in [-0.4, -0.2) is 19.6 Å². The number of carbonyl (C=O) groups excluding carboxylic acids is 1. The number of hydrogen-bond donors (Lipinski definition) is 1. The average Bonchev–Trinajstić information content (AvgIpc) is 2.47. The molecule has 1 amide bonds. The molecule has 0 fully saturated rings. The molecule has 0 radical (unpaired) electrons. The number of ether oxygens (including phenoxy) is 1. The normalized spacial score (nSPS) is 9.95. The molecule has 0 bridgehead atoms. The Balaban J connectivity index is 2.10. The van der Waals surface area contributed by atoms with Crippen molar-refractivity contribution >= 4 is 5.91 Å². The topological polar surface area (TPSA) is 38.3 Å². The van der Waals surface area contributed by atoms with Gasteiger partial charge in [-0.3, -0.25) is 4.79 Å². The fraction of sp³-hybridized carbons (Fsp3) is 0.188. The summed E-state index contributed by atoms with van der Waals surface area (Å²) in [6, 6.07) is 18.0. The second kappa shape index (κ2) is 6.59. The van der Waals surface area contributed by atoms with E-state index < -0.39 is 0 Å². The monoisotopic (exact) mass is 255 g/mol. The maximum atomic E-state index is 11.2. The highest BCUT2D eigenvalue weighted by Gasteiger charge is 2.06. The van der Waals surface area contributed by atoms with Crippen LogP contribution < -0.4 is 10.1 Å². The second-order valence-electron chi connectivity index (χ2n) is 4.23. The summed E-state index contributed by atoms with van der Waals surface area (Å²) in [6.45, 7) is 0.0440. The van der Waals surface area contributed by atoms with Crippen molar-refractivity contribution in [3.8, 4) is 5.75 Å². The Morgan fingerprint density at radius 1 is 1.05 bits per heavy atom. The van der Waals surface area contributed by atoms with Crippen LogP contribution in [0.1, 0.15) is 11.1 Å². The van der Waals surface area contributed by atoms with Crippen molar-refractivity contribution in [2.24, 2.45) is 0 Å². The standard InChI is InChI=1S/C16H17NO2/c1-17-16(18)12-19-15-10-6-5-9-14(15)11-13-7-3-2-4-8-13/h2-10H,11-12H2,1H3,(H,17,18). The van der Waals surface area contributed by atoms with Crippen LogP contribution in [0.4, 0.5) is 0 Å². The van der Waals surface area contributed by atoms with Crippen LogP contribution in [0.2, 0.25) is 0 Å². The lowest BCUT2D eigenvalue weighted by atomic mass is 10.0. The summed E-state index contributed by atoms with van der Waals surface area (Å²) in [4.78, 5) is 11.2. The summed E-state index contributed by atoms with van der Waals surface area (Å²) >= 11 is 0. The third kappa shape index (κ3) is 3.85. The van der Waals surface area contributed by atoms with E-state index in [1.807, 2.05) is 42.5 Å². The Morgan fingerprint density at radius 3 is 2.47 bits per heavy atom. The van der Waals surface area contributed by atoms with Crippen LogP contribution in [0.5, 0.6) is 5.75 Å². The van der Waals surface area contributed by atoms with Gasteiger partial charge in [0.2, 0.25) is 0 Å². The molecule has 0 saturated carbocycles. The molecule has 0 unspecified atom stereocenters. The minimum absolute atomic E-state index is 0.0440. The van der Waals surface area contributed by atoms with Gasteiger partial charge in [0.25, 0.3) is 5.91 Å². The van der Waals surface area contributed by atoms with Crippen LogP contribution in [0.15, 0.2) is 54.6 Å². The van der Waals surface area contributed by atoms with Gasteiger partial charge in [-0.05, 0) is 17.2 Å². The molecule has 1 N–H and O–H groups in total. The maximum Gasteiger partial charge on any atom is 0.257 e. The average molecular weight is 255 g/mol. The van der Waals surface area contributed by atoms with E-state index in [0.717, 1.165) is 17.7 Å². The first-order valence-corrected chi connectivity index (χ1v) is 6.25. The molecule has 98 valence electrons. The van der Waals surface area contributed by atoms with Gasteiger partial charge in [0.1, 0.15) is 5.75 Å². The molecule has 2 aromatic rings. The number of likely N-dealkylation sites (N-methyl/N-ethyl adjacent to an activating group) is 1. The number of nitrogens with one attached hydrogen (secondary N) is 1. The zero-order valence-corrected chi connectivity index (χ0v) is 10.9. The van der Waals surface area contributed by atoms with Gasteiger partial charge in [-0.15, -0.1) is 0 Å². The molecule has 2 aromatic carbocycles. The Labute approximate surface area is 113 Å². The minimum Gasteiger partial charge on any atom is -0.483 e. The first-order valence-electron chi connectivity index (χ1n) is 6.25. The highest BCUT2D eigenvalue weighted by molar-refractivity contribution is 5.77. The van der Waals surface area contributed by atoms with Crippen LogP contribution in [0.25, 0.3) is 0 Å². The Kier molecular flexibility index (Phi) is 4.56. The lowest BCUT2D eigenvalue weighted by molar-refractivity contribution is -0.122. The molecule has 0 heterocycles. The number of hydrogen-bond acceptors (Lipinski definition) is 2. The van der Waals surface area contributed by atoms with Gasteiger partial charge in [-0.1, -0.05) is 48.5 Å². The highest BCUT2D eigenvalue weighted by Crippen LogP contribution is 2.21. The smallest absolute Gasteiger partial charge is 0.257 e. The van der Waals surface area contributed by atoms with Gasteiger partial charge < -0.3 is 10.1 Å². The summed E-state index contributed by atoms with van der Waals surface area (Å²) in [5, 5.41) is 2.54. The van der Waals surface area contributed by atoms with Gasteiger partial charge in [0.15, 0.2) is 6.61 Å². The van der Waals surface area contributed by atoms with E-state index in [9.17, 15) is 4.79 Å². The summed E-state index contributed by atoms with van der Waals surface area (Å²) in [7, 11) is 1.60. The van der Waals surface area contributed by atoms with E-state index >= 15 is 0 Å². The third-order valence-corrected chi connectivity index (χ3v) is 2.85. The summed E-state index contributed by atoms with van der Waals surface area (Å²) < 4.78 is 5.55. The number of carbonyl (C=O) groups is 1. The predicted octanol–water partition coefficient (Wildman–Crippen LogP) is 2.40. The molecule has 3 nitrogen and oxygen atoms in total. The first kappa shape index (κ1) is 13.1. The number of benzene rings is 2. The van der Waals surface area contributed by atoms with Crippen LogP contribution in [0.3, 0.4) is 0 Å². The van der Waals surface area contributed by atoms with Crippen LogP contribution >= 0.6 is 0 Å². The number of rotatable bonds is 5. The minimum atomic E-state index is -0.130. The molecular formula is C16H17NO2.